The standard InChI is InChI=1S/C26H19BrN2O6S/c1-34-22-13-16(4-11-21(22)35-14-15-2-5-17(6-3-15)25(32)33)12-20-23(30)28-26(36)29(24(20)31)19-9-7-18(27)8-10-19/h2-13H,14H2,1H3,(H,32,33)(H,28,30,36)/b20-12-. The average Bonchev–Trinajstić information content (AvgIpc) is 2.86. The molecular formula is C26H19BrN2O6S. The first-order chi connectivity index (χ1) is 17.3. The molecule has 0 unspecified atom stereocenters. The summed E-state index contributed by atoms with van der Waals surface area (Å²) in [6, 6.07) is 18.3. The monoisotopic (exact) mass is 566 g/mol. The van der Waals surface area contributed by atoms with Crippen molar-refractivity contribution in [3.63, 3.8) is 0 Å². The average molecular weight is 567 g/mol. The summed E-state index contributed by atoms with van der Waals surface area (Å²) in [6.45, 7) is 0.192. The van der Waals surface area contributed by atoms with Gasteiger partial charge < -0.3 is 14.6 Å². The maximum Gasteiger partial charge on any atom is 0.335 e. The van der Waals surface area contributed by atoms with Gasteiger partial charge in [0.2, 0.25) is 0 Å². The third kappa shape index (κ3) is 5.45. The van der Waals surface area contributed by atoms with Crippen LogP contribution < -0.4 is 19.7 Å². The second-order valence-electron chi connectivity index (χ2n) is 7.64. The van der Waals surface area contributed by atoms with Gasteiger partial charge >= 0.3 is 5.97 Å². The lowest BCUT2D eigenvalue weighted by Gasteiger charge is -2.29. The van der Waals surface area contributed by atoms with Gasteiger partial charge in [-0.1, -0.05) is 34.1 Å². The number of hydrogen-bond donors (Lipinski definition) is 2. The highest BCUT2D eigenvalue weighted by atomic mass is 79.9. The second-order valence-corrected chi connectivity index (χ2v) is 8.94. The van der Waals surface area contributed by atoms with Crippen LogP contribution in [0, 0.1) is 0 Å². The molecule has 1 aliphatic rings. The number of benzene rings is 3. The highest BCUT2D eigenvalue weighted by Crippen LogP contribution is 2.31. The maximum absolute atomic E-state index is 13.2. The van der Waals surface area contributed by atoms with E-state index in [0.29, 0.717) is 22.7 Å². The number of methoxy groups -OCH3 is 1. The van der Waals surface area contributed by atoms with E-state index in [0.717, 1.165) is 10.0 Å². The van der Waals surface area contributed by atoms with Gasteiger partial charge in [0.1, 0.15) is 12.2 Å². The fourth-order valence-electron chi connectivity index (χ4n) is 3.45. The lowest BCUT2D eigenvalue weighted by atomic mass is 10.1. The minimum Gasteiger partial charge on any atom is -0.493 e. The topological polar surface area (TPSA) is 105 Å². The Labute approximate surface area is 220 Å². The Morgan fingerprint density at radius 1 is 1.06 bits per heavy atom. The van der Waals surface area contributed by atoms with E-state index in [1.807, 2.05) is 0 Å². The molecule has 4 rings (SSSR count). The van der Waals surface area contributed by atoms with Crippen molar-refractivity contribution in [1.82, 2.24) is 5.32 Å². The smallest absolute Gasteiger partial charge is 0.335 e. The van der Waals surface area contributed by atoms with Crippen LogP contribution >= 0.6 is 28.1 Å². The number of nitrogens with one attached hydrogen (secondary N) is 1. The zero-order valence-electron chi connectivity index (χ0n) is 18.9. The van der Waals surface area contributed by atoms with E-state index in [1.54, 1.807) is 54.6 Å². The number of aromatic carboxylic acids is 1. The Morgan fingerprint density at radius 3 is 2.39 bits per heavy atom. The molecule has 10 heteroatoms. The quantitative estimate of drug-likeness (QED) is 0.245. The van der Waals surface area contributed by atoms with E-state index >= 15 is 0 Å². The molecule has 0 aliphatic carbocycles. The molecule has 1 fully saturated rings. The van der Waals surface area contributed by atoms with Crippen LogP contribution in [-0.4, -0.2) is 35.1 Å². The molecule has 1 saturated heterocycles. The third-order valence-corrected chi connectivity index (χ3v) is 6.09. The van der Waals surface area contributed by atoms with Crippen molar-refractivity contribution in [1.29, 1.82) is 0 Å². The summed E-state index contributed by atoms with van der Waals surface area (Å²) >= 11 is 8.58. The molecule has 0 radical (unpaired) electrons. The number of anilines is 1. The number of carbonyl (C=O) groups is 3. The first-order valence-electron chi connectivity index (χ1n) is 10.6. The molecule has 182 valence electrons. The predicted molar refractivity (Wildman–Crippen MR) is 141 cm³/mol. The Balaban J connectivity index is 1.55. The summed E-state index contributed by atoms with van der Waals surface area (Å²) in [6.07, 6.45) is 1.46. The lowest BCUT2D eigenvalue weighted by Crippen LogP contribution is -2.54. The maximum atomic E-state index is 13.2. The molecule has 0 atom stereocenters. The molecule has 0 aromatic heterocycles. The molecule has 0 spiro atoms. The van der Waals surface area contributed by atoms with Crippen molar-refractivity contribution in [3.8, 4) is 11.5 Å². The van der Waals surface area contributed by atoms with Crippen molar-refractivity contribution in [2.24, 2.45) is 0 Å². The molecule has 3 aromatic carbocycles. The Kier molecular flexibility index (Phi) is 7.47. The normalized spacial score (nSPS) is 14.6. The number of nitrogens with zero attached hydrogens (tertiary/aromatic N) is 1. The number of amides is 2. The van der Waals surface area contributed by atoms with Gasteiger partial charge in [-0.15, -0.1) is 0 Å². The lowest BCUT2D eigenvalue weighted by molar-refractivity contribution is -0.122. The summed E-state index contributed by atoms with van der Waals surface area (Å²) in [5.41, 5.74) is 1.96. The van der Waals surface area contributed by atoms with Gasteiger partial charge in [0.25, 0.3) is 11.8 Å². The number of carboxylic acids is 1. The molecular weight excluding hydrogens is 548 g/mol. The molecule has 2 amide bonds. The molecule has 36 heavy (non-hydrogen) atoms. The highest BCUT2D eigenvalue weighted by Gasteiger charge is 2.34. The summed E-state index contributed by atoms with van der Waals surface area (Å²) in [5.74, 6) is -1.30. The van der Waals surface area contributed by atoms with E-state index in [9.17, 15) is 14.4 Å². The van der Waals surface area contributed by atoms with Crippen LogP contribution in [-0.2, 0) is 16.2 Å². The van der Waals surface area contributed by atoms with Crippen molar-refractivity contribution < 1.29 is 29.0 Å². The number of carboxylic acid groups (broad SMARTS) is 1. The first kappa shape index (κ1) is 25.1. The minimum absolute atomic E-state index is 0.00203. The van der Waals surface area contributed by atoms with Crippen LogP contribution in [0.25, 0.3) is 6.08 Å². The Bertz CT molecular complexity index is 1390. The molecule has 2 N–H and O–H groups in total. The fraction of sp³-hybridized carbons (Fsp3) is 0.0769. The van der Waals surface area contributed by atoms with E-state index in [2.05, 4.69) is 21.2 Å². The second kappa shape index (κ2) is 10.7. The van der Waals surface area contributed by atoms with Crippen LogP contribution in [0.4, 0.5) is 5.69 Å². The van der Waals surface area contributed by atoms with Gasteiger partial charge in [-0.3, -0.25) is 19.8 Å². The van der Waals surface area contributed by atoms with Crippen molar-refractivity contribution in [2.75, 3.05) is 12.0 Å². The van der Waals surface area contributed by atoms with E-state index in [1.165, 1.54) is 30.2 Å². The van der Waals surface area contributed by atoms with Gasteiger partial charge in [-0.2, -0.15) is 0 Å². The molecule has 0 bridgehead atoms. The zero-order valence-corrected chi connectivity index (χ0v) is 21.3. The first-order valence-corrected chi connectivity index (χ1v) is 11.8. The number of thiocarbonyl (C=S) groups is 1. The fourth-order valence-corrected chi connectivity index (χ4v) is 3.99. The zero-order chi connectivity index (χ0) is 25.8. The van der Waals surface area contributed by atoms with Crippen LogP contribution in [0.1, 0.15) is 21.5 Å². The van der Waals surface area contributed by atoms with Crippen LogP contribution in [0.15, 0.2) is 76.8 Å². The van der Waals surface area contributed by atoms with Gasteiger partial charge in [0, 0.05) is 4.47 Å². The molecule has 1 heterocycles. The van der Waals surface area contributed by atoms with Crippen molar-refractivity contribution >= 4 is 62.8 Å². The summed E-state index contributed by atoms with van der Waals surface area (Å²) in [7, 11) is 1.48. The van der Waals surface area contributed by atoms with Gasteiger partial charge in [0.15, 0.2) is 16.6 Å². The number of carbonyl (C=O) groups excluding carboxylic acids is 2. The van der Waals surface area contributed by atoms with Crippen LogP contribution in [0.3, 0.4) is 0 Å². The Hall–Kier alpha value is -4.02. The summed E-state index contributed by atoms with van der Waals surface area (Å²) < 4.78 is 12.1. The number of halogens is 1. The van der Waals surface area contributed by atoms with E-state index in [-0.39, 0.29) is 22.9 Å². The Morgan fingerprint density at radius 2 is 1.75 bits per heavy atom. The molecule has 3 aromatic rings. The minimum atomic E-state index is -0.999. The van der Waals surface area contributed by atoms with Gasteiger partial charge in [-0.05, 0) is 78.0 Å². The highest BCUT2D eigenvalue weighted by molar-refractivity contribution is 9.10. The SMILES string of the molecule is COc1cc(/C=C2/C(=O)NC(=S)N(c3ccc(Br)cc3)C2=O)ccc1OCc1ccc(C(=O)O)cc1. The number of hydrogen-bond acceptors (Lipinski definition) is 6. The third-order valence-electron chi connectivity index (χ3n) is 5.28. The number of ether oxygens (including phenoxy) is 2. The summed E-state index contributed by atoms with van der Waals surface area (Å²) in [5, 5.41) is 11.6. The number of rotatable bonds is 7. The molecule has 8 nitrogen and oxygen atoms in total. The van der Waals surface area contributed by atoms with Crippen LogP contribution in [0.2, 0.25) is 0 Å². The largest absolute Gasteiger partial charge is 0.493 e. The van der Waals surface area contributed by atoms with Gasteiger partial charge in [0.05, 0.1) is 18.4 Å². The van der Waals surface area contributed by atoms with Crippen molar-refractivity contribution in [3.05, 3.63) is 93.5 Å². The van der Waals surface area contributed by atoms with E-state index in [4.69, 9.17) is 26.8 Å². The molecule has 1 aliphatic heterocycles. The molecule has 0 saturated carbocycles. The van der Waals surface area contributed by atoms with E-state index < -0.39 is 17.8 Å². The predicted octanol–water partition coefficient (Wildman–Crippen LogP) is 4.57. The van der Waals surface area contributed by atoms with Gasteiger partial charge in [-0.25, -0.2) is 4.79 Å². The van der Waals surface area contributed by atoms with Crippen molar-refractivity contribution in [2.45, 2.75) is 6.61 Å². The summed E-state index contributed by atoms with van der Waals surface area (Å²) in [4.78, 5) is 38.0. The van der Waals surface area contributed by atoms with Crippen LogP contribution in [0.5, 0.6) is 11.5 Å².